The minimum Gasteiger partial charge on any atom is -0.497 e. The van der Waals surface area contributed by atoms with Crippen LogP contribution >= 0.6 is 15.9 Å². The van der Waals surface area contributed by atoms with Crippen LogP contribution in [0.15, 0.2) is 27.9 Å². The number of carbonyl (C=O) groups excluding carboxylic acids is 3. The number of aliphatic hydroxyl groups excluding tert-OH is 1. The zero-order chi connectivity index (χ0) is 20.1. The molecule has 0 fully saturated rings. The quantitative estimate of drug-likeness (QED) is 0.599. The lowest BCUT2D eigenvalue weighted by Gasteiger charge is -2.17. The number of nitrogens with zero attached hydrogens (tertiary/aromatic N) is 1. The van der Waals surface area contributed by atoms with Crippen molar-refractivity contribution in [2.24, 2.45) is 0 Å². The number of benzene rings is 1. The summed E-state index contributed by atoms with van der Waals surface area (Å²) in [7, 11) is 3.87. The molecule has 0 bridgehead atoms. The zero-order valence-electron chi connectivity index (χ0n) is 15.0. The van der Waals surface area contributed by atoms with Crippen molar-refractivity contribution < 1.29 is 33.7 Å². The summed E-state index contributed by atoms with van der Waals surface area (Å²) in [6.45, 7) is -0.221. The van der Waals surface area contributed by atoms with E-state index in [4.69, 9.17) is 19.3 Å². The van der Waals surface area contributed by atoms with Crippen molar-refractivity contribution in [3.63, 3.8) is 0 Å². The van der Waals surface area contributed by atoms with Crippen LogP contribution < -0.4 is 10.1 Å². The summed E-state index contributed by atoms with van der Waals surface area (Å²) in [6, 6.07) is 3.04. The molecule has 9 nitrogen and oxygen atoms in total. The van der Waals surface area contributed by atoms with Gasteiger partial charge in [0.25, 0.3) is 5.91 Å². The minimum atomic E-state index is -0.685. The van der Waals surface area contributed by atoms with Gasteiger partial charge in [-0.05, 0) is 28.1 Å². The molecule has 0 spiro atoms. The van der Waals surface area contributed by atoms with Gasteiger partial charge < -0.3 is 29.5 Å². The van der Waals surface area contributed by atoms with Crippen LogP contribution in [0, 0.1) is 0 Å². The van der Waals surface area contributed by atoms with Gasteiger partial charge in [0.15, 0.2) is 0 Å². The third kappa shape index (κ3) is 4.22. The Morgan fingerprint density at radius 3 is 2.44 bits per heavy atom. The molecular formula is C17H19BrN2O7. The number of hydrogen-bond acceptors (Lipinski definition) is 8. The number of anilines is 1. The molecule has 0 aliphatic carbocycles. The highest BCUT2D eigenvalue weighted by Crippen LogP contribution is 2.34. The van der Waals surface area contributed by atoms with Crippen LogP contribution in [0.2, 0.25) is 0 Å². The van der Waals surface area contributed by atoms with E-state index in [1.165, 1.54) is 32.3 Å². The molecule has 1 amide bonds. The van der Waals surface area contributed by atoms with Crippen LogP contribution in [0.25, 0.3) is 0 Å². The van der Waals surface area contributed by atoms with E-state index >= 15 is 0 Å². The van der Waals surface area contributed by atoms with Gasteiger partial charge in [-0.2, -0.15) is 0 Å². The van der Waals surface area contributed by atoms with Crippen LogP contribution in [0.4, 0.5) is 5.69 Å². The molecular weight excluding hydrogens is 424 g/mol. The number of halogens is 1. The highest BCUT2D eigenvalue weighted by Gasteiger charge is 2.35. The summed E-state index contributed by atoms with van der Waals surface area (Å²) >= 11 is 3.33. The number of aliphatic hydroxyl groups is 1. The summed E-state index contributed by atoms with van der Waals surface area (Å²) in [6.07, 6.45) is 0. The number of ether oxygens (including phenoxy) is 3. The van der Waals surface area contributed by atoms with Gasteiger partial charge in [-0.25, -0.2) is 9.59 Å². The van der Waals surface area contributed by atoms with E-state index in [2.05, 4.69) is 21.2 Å². The second-order valence-electron chi connectivity index (χ2n) is 5.44. The largest absolute Gasteiger partial charge is 0.497 e. The molecule has 0 unspecified atom stereocenters. The lowest BCUT2D eigenvalue weighted by atomic mass is 10.1. The number of esters is 2. The van der Waals surface area contributed by atoms with Gasteiger partial charge in [0.05, 0.1) is 51.3 Å². The molecule has 0 radical (unpaired) electrons. The first-order chi connectivity index (χ1) is 12.9. The lowest BCUT2D eigenvalue weighted by molar-refractivity contribution is -0.136. The Bertz CT molecular complexity index is 807. The summed E-state index contributed by atoms with van der Waals surface area (Å²) in [4.78, 5) is 38.2. The monoisotopic (exact) mass is 442 g/mol. The highest BCUT2D eigenvalue weighted by atomic mass is 79.9. The fraction of sp³-hybridized carbons (Fsp3) is 0.353. The first-order valence-electron chi connectivity index (χ1n) is 7.82. The Morgan fingerprint density at radius 1 is 1.22 bits per heavy atom. The average Bonchev–Trinajstić information content (AvgIpc) is 2.97. The summed E-state index contributed by atoms with van der Waals surface area (Å²) in [5, 5.41) is 12.0. The topological polar surface area (TPSA) is 114 Å². The molecule has 146 valence electrons. The average molecular weight is 443 g/mol. The fourth-order valence-electron chi connectivity index (χ4n) is 2.57. The van der Waals surface area contributed by atoms with E-state index in [0.29, 0.717) is 10.2 Å². The van der Waals surface area contributed by atoms with E-state index < -0.39 is 17.8 Å². The second kappa shape index (κ2) is 8.87. The van der Waals surface area contributed by atoms with Crippen molar-refractivity contribution in [2.45, 2.75) is 0 Å². The number of rotatable bonds is 7. The molecule has 2 N–H and O–H groups in total. The number of methoxy groups -OCH3 is 3. The summed E-state index contributed by atoms with van der Waals surface area (Å²) in [5.41, 5.74) is 0.396. The molecule has 1 aliphatic heterocycles. The maximum atomic E-state index is 12.6. The molecule has 0 aromatic heterocycles. The minimum absolute atomic E-state index is 0.0181. The zero-order valence-corrected chi connectivity index (χ0v) is 16.6. The van der Waals surface area contributed by atoms with Crippen molar-refractivity contribution >= 4 is 39.5 Å². The number of nitrogens with one attached hydrogen (secondary N) is 1. The SMILES string of the molecule is COC(=O)C1=C(Nc2c(Br)cc(OC)cc2C(=O)OC)C(=O)N(CCO)C1. The molecule has 0 saturated heterocycles. The number of hydrogen-bond donors (Lipinski definition) is 2. The van der Waals surface area contributed by atoms with Gasteiger partial charge in [0, 0.05) is 11.0 Å². The first-order valence-corrected chi connectivity index (χ1v) is 8.61. The van der Waals surface area contributed by atoms with Crippen molar-refractivity contribution in [3.05, 3.63) is 33.4 Å². The molecule has 0 atom stereocenters. The number of carbonyl (C=O) groups is 3. The molecule has 1 aromatic carbocycles. The predicted molar refractivity (Wildman–Crippen MR) is 98.4 cm³/mol. The Labute approximate surface area is 164 Å². The third-order valence-corrected chi connectivity index (χ3v) is 4.53. The Kier molecular flexibility index (Phi) is 6.81. The molecule has 1 heterocycles. The Hall–Kier alpha value is -2.59. The van der Waals surface area contributed by atoms with Crippen LogP contribution in [-0.2, 0) is 19.1 Å². The predicted octanol–water partition coefficient (Wildman–Crippen LogP) is 0.918. The van der Waals surface area contributed by atoms with Crippen LogP contribution in [0.1, 0.15) is 10.4 Å². The Balaban J connectivity index is 2.53. The van der Waals surface area contributed by atoms with E-state index in [-0.39, 0.29) is 42.2 Å². The molecule has 2 rings (SSSR count). The molecule has 27 heavy (non-hydrogen) atoms. The highest BCUT2D eigenvalue weighted by molar-refractivity contribution is 9.10. The third-order valence-electron chi connectivity index (χ3n) is 3.91. The molecule has 10 heteroatoms. The Morgan fingerprint density at radius 2 is 1.89 bits per heavy atom. The van der Waals surface area contributed by atoms with Crippen molar-refractivity contribution in [3.8, 4) is 5.75 Å². The lowest BCUT2D eigenvalue weighted by Crippen LogP contribution is -2.31. The van der Waals surface area contributed by atoms with Gasteiger partial charge in [-0.3, -0.25) is 4.79 Å². The van der Waals surface area contributed by atoms with Gasteiger partial charge in [0.2, 0.25) is 0 Å². The summed E-state index contributed by atoms with van der Waals surface area (Å²) < 4.78 is 15.1. The van der Waals surface area contributed by atoms with Gasteiger partial charge >= 0.3 is 11.9 Å². The molecule has 0 saturated carbocycles. The van der Waals surface area contributed by atoms with Gasteiger partial charge in [-0.15, -0.1) is 0 Å². The maximum Gasteiger partial charge on any atom is 0.340 e. The number of β-amino-alcohol motifs (C(OH)–C–C–N with tert-alkyl or cyclic N) is 1. The van der Waals surface area contributed by atoms with E-state index in [9.17, 15) is 14.4 Å². The molecule has 1 aromatic rings. The maximum absolute atomic E-state index is 12.6. The standard InChI is InChI=1S/C17H19BrN2O7/c1-25-9-6-10(16(23)26-2)13(12(18)7-9)19-14-11(17(24)27-3)8-20(4-5-21)15(14)22/h6-7,19,21H,4-5,8H2,1-3H3. The van der Waals surface area contributed by atoms with Crippen LogP contribution in [-0.4, -0.2) is 68.9 Å². The summed E-state index contributed by atoms with van der Waals surface area (Å²) in [5.74, 6) is -1.44. The van der Waals surface area contributed by atoms with Gasteiger partial charge in [-0.1, -0.05) is 0 Å². The van der Waals surface area contributed by atoms with Gasteiger partial charge in [0.1, 0.15) is 11.4 Å². The molecule has 1 aliphatic rings. The smallest absolute Gasteiger partial charge is 0.340 e. The van der Waals surface area contributed by atoms with Crippen LogP contribution in [0.3, 0.4) is 0 Å². The normalized spacial score (nSPS) is 13.7. The van der Waals surface area contributed by atoms with Crippen molar-refractivity contribution in [1.82, 2.24) is 4.90 Å². The van der Waals surface area contributed by atoms with Crippen molar-refractivity contribution in [1.29, 1.82) is 0 Å². The van der Waals surface area contributed by atoms with E-state index in [1.807, 2.05) is 0 Å². The second-order valence-corrected chi connectivity index (χ2v) is 6.30. The number of amides is 1. The fourth-order valence-corrected chi connectivity index (χ4v) is 3.11. The van der Waals surface area contributed by atoms with E-state index in [0.717, 1.165) is 0 Å². The van der Waals surface area contributed by atoms with E-state index in [1.54, 1.807) is 6.07 Å². The van der Waals surface area contributed by atoms with Crippen LogP contribution in [0.5, 0.6) is 5.75 Å². The van der Waals surface area contributed by atoms with Crippen molar-refractivity contribution in [2.75, 3.05) is 46.3 Å². The first kappa shape index (κ1) is 20.7.